The van der Waals surface area contributed by atoms with Crippen LogP contribution in [0.5, 0.6) is 5.75 Å². The third-order valence-corrected chi connectivity index (χ3v) is 3.14. The standard InChI is InChI=1S/C11H14Cl2O/c1-11(2,13)10(12)8-4-6-9(14-3)7-5-8/h4-7,10H,1-3H3. The average Bonchev–Trinajstić information content (AvgIpc) is 2.15. The molecule has 1 atom stereocenters. The molecule has 1 nitrogen and oxygen atoms in total. The van der Waals surface area contributed by atoms with Crippen LogP contribution < -0.4 is 4.74 Å². The second-order valence-electron chi connectivity index (χ2n) is 3.70. The number of halogens is 2. The molecule has 0 aromatic heterocycles. The molecule has 0 saturated carbocycles. The summed E-state index contributed by atoms with van der Waals surface area (Å²) in [4.78, 5) is -0.448. The predicted molar refractivity (Wildman–Crippen MR) is 61.5 cm³/mol. The van der Waals surface area contributed by atoms with Crippen LogP contribution in [0.2, 0.25) is 0 Å². The smallest absolute Gasteiger partial charge is 0.118 e. The number of methoxy groups -OCH3 is 1. The molecule has 0 heterocycles. The Morgan fingerprint density at radius 3 is 2.07 bits per heavy atom. The fourth-order valence-corrected chi connectivity index (χ4v) is 1.44. The molecule has 0 fully saturated rings. The molecule has 1 rings (SSSR count). The minimum atomic E-state index is -0.448. The van der Waals surface area contributed by atoms with Gasteiger partial charge in [-0.15, -0.1) is 23.2 Å². The second-order valence-corrected chi connectivity index (χ2v) is 5.11. The monoisotopic (exact) mass is 232 g/mol. The number of benzene rings is 1. The van der Waals surface area contributed by atoms with Gasteiger partial charge in [0.05, 0.1) is 17.4 Å². The first-order chi connectivity index (χ1) is 6.45. The Bertz CT molecular complexity index is 287. The molecule has 0 spiro atoms. The Kier molecular flexibility index (Phi) is 3.68. The Morgan fingerprint density at radius 1 is 1.21 bits per heavy atom. The molecule has 1 aromatic rings. The highest BCUT2D eigenvalue weighted by Crippen LogP contribution is 2.37. The van der Waals surface area contributed by atoms with E-state index in [-0.39, 0.29) is 5.38 Å². The Labute approximate surface area is 95.0 Å². The van der Waals surface area contributed by atoms with E-state index in [0.717, 1.165) is 11.3 Å². The van der Waals surface area contributed by atoms with Crippen molar-refractivity contribution in [2.45, 2.75) is 24.1 Å². The van der Waals surface area contributed by atoms with Gasteiger partial charge in [0.15, 0.2) is 0 Å². The molecular formula is C11H14Cl2O. The molecule has 1 aromatic carbocycles. The zero-order chi connectivity index (χ0) is 10.8. The van der Waals surface area contributed by atoms with Crippen molar-refractivity contribution in [2.24, 2.45) is 0 Å². The van der Waals surface area contributed by atoms with Crippen LogP contribution in [-0.2, 0) is 0 Å². The van der Waals surface area contributed by atoms with Crippen molar-refractivity contribution in [3.05, 3.63) is 29.8 Å². The molecular weight excluding hydrogens is 219 g/mol. The van der Waals surface area contributed by atoms with Crippen molar-refractivity contribution < 1.29 is 4.74 Å². The van der Waals surface area contributed by atoms with Gasteiger partial charge in [-0.3, -0.25) is 0 Å². The van der Waals surface area contributed by atoms with Crippen LogP contribution >= 0.6 is 23.2 Å². The lowest BCUT2D eigenvalue weighted by molar-refractivity contribution is 0.414. The van der Waals surface area contributed by atoms with Gasteiger partial charge < -0.3 is 4.74 Å². The number of ether oxygens (including phenoxy) is 1. The van der Waals surface area contributed by atoms with Crippen LogP contribution in [0.15, 0.2) is 24.3 Å². The maximum atomic E-state index is 6.21. The maximum Gasteiger partial charge on any atom is 0.118 e. The zero-order valence-corrected chi connectivity index (χ0v) is 10.1. The first-order valence-electron chi connectivity index (χ1n) is 4.42. The first-order valence-corrected chi connectivity index (χ1v) is 5.23. The van der Waals surface area contributed by atoms with Crippen molar-refractivity contribution in [3.63, 3.8) is 0 Å². The molecule has 0 saturated heterocycles. The molecule has 0 N–H and O–H groups in total. The van der Waals surface area contributed by atoms with Crippen LogP contribution in [0.3, 0.4) is 0 Å². The summed E-state index contributed by atoms with van der Waals surface area (Å²) in [5.41, 5.74) is 1.01. The van der Waals surface area contributed by atoms with Crippen molar-refractivity contribution in [1.82, 2.24) is 0 Å². The summed E-state index contributed by atoms with van der Waals surface area (Å²) in [7, 11) is 1.64. The Balaban J connectivity index is 2.87. The summed E-state index contributed by atoms with van der Waals surface area (Å²) >= 11 is 12.3. The SMILES string of the molecule is COc1ccc(C(Cl)C(C)(C)Cl)cc1. The van der Waals surface area contributed by atoms with E-state index in [2.05, 4.69) is 0 Å². The molecule has 0 radical (unpaired) electrons. The highest BCUT2D eigenvalue weighted by Gasteiger charge is 2.26. The quantitative estimate of drug-likeness (QED) is 0.717. The highest BCUT2D eigenvalue weighted by molar-refractivity contribution is 6.32. The van der Waals surface area contributed by atoms with Crippen molar-refractivity contribution in [3.8, 4) is 5.75 Å². The highest BCUT2D eigenvalue weighted by atomic mass is 35.5. The summed E-state index contributed by atoms with van der Waals surface area (Å²) in [5.74, 6) is 0.824. The third-order valence-electron chi connectivity index (χ3n) is 2.01. The van der Waals surface area contributed by atoms with E-state index in [1.165, 1.54) is 0 Å². The normalized spacial score (nSPS) is 13.8. The summed E-state index contributed by atoms with van der Waals surface area (Å²) < 4.78 is 5.06. The van der Waals surface area contributed by atoms with Gasteiger partial charge in [0.25, 0.3) is 0 Å². The largest absolute Gasteiger partial charge is 0.497 e. The molecule has 14 heavy (non-hydrogen) atoms. The van der Waals surface area contributed by atoms with Crippen molar-refractivity contribution in [1.29, 1.82) is 0 Å². The van der Waals surface area contributed by atoms with Crippen LogP contribution in [0.4, 0.5) is 0 Å². The molecule has 78 valence electrons. The fraction of sp³-hybridized carbons (Fsp3) is 0.455. The number of alkyl halides is 2. The minimum absolute atomic E-state index is 0.199. The van der Waals surface area contributed by atoms with Gasteiger partial charge in [0.2, 0.25) is 0 Å². The van der Waals surface area contributed by atoms with E-state index in [9.17, 15) is 0 Å². The second kappa shape index (κ2) is 4.41. The summed E-state index contributed by atoms with van der Waals surface area (Å²) in [5, 5.41) is -0.199. The van der Waals surface area contributed by atoms with Gasteiger partial charge in [0, 0.05) is 0 Å². The van der Waals surface area contributed by atoms with E-state index in [4.69, 9.17) is 27.9 Å². The Hall–Kier alpha value is -0.400. The van der Waals surface area contributed by atoms with Crippen LogP contribution in [0.25, 0.3) is 0 Å². The lowest BCUT2D eigenvalue weighted by atomic mass is 10.0. The molecule has 3 heteroatoms. The third kappa shape index (κ3) is 2.79. The van der Waals surface area contributed by atoms with Gasteiger partial charge in [-0.2, -0.15) is 0 Å². The van der Waals surface area contributed by atoms with E-state index in [0.29, 0.717) is 0 Å². The van der Waals surface area contributed by atoms with Gasteiger partial charge in [0.1, 0.15) is 5.75 Å². The summed E-state index contributed by atoms with van der Waals surface area (Å²) in [6.45, 7) is 3.80. The van der Waals surface area contributed by atoms with E-state index in [1.54, 1.807) is 7.11 Å². The fourth-order valence-electron chi connectivity index (χ4n) is 1.17. The molecule has 0 aliphatic heterocycles. The van der Waals surface area contributed by atoms with Crippen LogP contribution in [0, 0.1) is 0 Å². The molecule has 0 bridgehead atoms. The minimum Gasteiger partial charge on any atom is -0.497 e. The van der Waals surface area contributed by atoms with Gasteiger partial charge in [-0.25, -0.2) is 0 Å². The van der Waals surface area contributed by atoms with Gasteiger partial charge in [-0.05, 0) is 31.5 Å². The maximum absolute atomic E-state index is 6.21. The number of hydrogen-bond acceptors (Lipinski definition) is 1. The van der Waals surface area contributed by atoms with Crippen LogP contribution in [-0.4, -0.2) is 12.0 Å². The van der Waals surface area contributed by atoms with E-state index >= 15 is 0 Å². The lowest BCUT2D eigenvalue weighted by Gasteiger charge is -2.22. The van der Waals surface area contributed by atoms with Crippen LogP contribution in [0.1, 0.15) is 24.8 Å². The molecule has 0 amide bonds. The zero-order valence-electron chi connectivity index (χ0n) is 8.55. The summed E-state index contributed by atoms with van der Waals surface area (Å²) in [6, 6.07) is 7.63. The summed E-state index contributed by atoms with van der Waals surface area (Å²) in [6.07, 6.45) is 0. The Morgan fingerprint density at radius 2 is 1.71 bits per heavy atom. The first kappa shape index (κ1) is 11.7. The predicted octanol–water partition coefficient (Wildman–Crippen LogP) is 3.99. The topological polar surface area (TPSA) is 9.23 Å². The average molecular weight is 233 g/mol. The van der Waals surface area contributed by atoms with Crippen molar-refractivity contribution >= 4 is 23.2 Å². The van der Waals surface area contributed by atoms with Gasteiger partial charge in [-0.1, -0.05) is 12.1 Å². The molecule has 0 aliphatic carbocycles. The number of hydrogen-bond donors (Lipinski definition) is 0. The lowest BCUT2D eigenvalue weighted by Crippen LogP contribution is -2.17. The number of rotatable bonds is 3. The van der Waals surface area contributed by atoms with E-state index in [1.807, 2.05) is 38.1 Å². The van der Waals surface area contributed by atoms with E-state index < -0.39 is 4.87 Å². The molecule has 1 unspecified atom stereocenters. The van der Waals surface area contributed by atoms with Gasteiger partial charge >= 0.3 is 0 Å². The molecule has 0 aliphatic rings. The van der Waals surface area contributed by atoms with Crippen molar-refractivity contribution in [2.75, 3.05) is 7.11 Å².